The standard InChI is InChI=1S/C23H26N4O3/c1-16-11-21(26-22(25-16)17-5-4-8-24-15-17)27-9-6-23(28,7-10-27)18-12-19(29-2)14-20(13-18)30-3/h4-5,8,11-15,28H,6-7,9-10H2,1-3H3. The van der Waals surface area contributed by atoms with E-state index in [0.717, 1.165) is 22.6 Å². The molecule has 4 rings (SSSR count). The van der Waals surface area contributed by atoms with Crippen molar-refractivity contribution in [2.24, 2.45) is 0 Å². The van der Waals surface area contributed by atoms with E-state index in [2.05, 4.69) is 14.9 Å². The summed E-state index contributed by atoms with van der Waals surface area (Å²) in [5, 5.41) is 11.4. The minimum absolute atomic E-state index is 0.578. The summed E-state index contributed by atoms with van der Waals surface area (Å²) < 4.78 is 10.7. The fourth-order valence-corrected chi connectivity index (χ4v) is 3.81. The van der Waals surface area contributed by atoms with Crippen LogP contribution in [0.4, 0.5) is 5.82 Å². The van der Waals surface area contributed by atoms with Gasteiger partial charge in [0.05, 0.1) is 19.8 Å². The van der Waals surface area contributed by atoms with Gasteiger partial charge in [0.15, 0.2) is 5.82 Å². The molecule has 0 spiro atoms. The quantitative estimate of drug-likeness (QED) is 0.696. The highest BCUT2D eigenvalue weighted by molar-refractivity contribution is 5.57. The summed E-state index contributed by atoms with van der Waals surface area (Å²) in [5.74, 6) is 2.88. The molecule has 0 amide bonds. The van der Waals surface area contributed by atoms with Gasteiger partial charge >= 0.3 is 0 Å². The second-order valence-electron chi connectivity index (χ2n) is 7.55. The second kappa shape index (κ2) is 8.28. The van der Waals surface area contributed by atoms with Crippen LogP contribution in [0.3, 0.4) is 0 Å². The van der Waals surface area contributed by atoms with Crippen LogP contribution < -0.4 is 14.4 Å². The van der Waals surface area contributed by atoms with Crippen LogP contribution in [0.15, 0.2) is 48.8 Å². The number of anilines is 1. The number of aryl methyl sites for hydroxylation is 1. The van der Waals surface area contributed by atoms with Crippen LogP contribution in [0.1, 0.15) is 24.1 Å². The van der Waals surface area contributed by atoms with Crippen LogP contribution in [0.2, 0.25) is 0 Å². The molecule has 156 valence electrons. The monoisotopic (exact) mass is 406 g/mol. The van der Waals surface area contributed by atoms with Gasteiger partial charge in [-0.3, -0.25) is 4.98 Å². The number of ether oxygens (including phenoxy) is 2. The first-order valence-corrected chi connectivity index (χ1v) is 9.98. The highest BCUT2D eigenvalue weighted by Crippen LogP contribution is 2.38. The summed E-state index contributed by atoms with van der Waals surface area (Å²) in [6, 6.07) is 11.4. The summed E-state index contributed by atoms with van der Waals surface area (Å²) >= 11 is 0. The van der Waals surface area contributed by atoms with E-state index in [0.29, 0.717) is 43.3 Å². The van der Waals surface area contributed by atoms with Crippen molar-refractivity contribution in [2.45, 2.75) is 25.4 Å². The summed E-state index contributed by atoms with van der Waals surface area (Å²) in [6.45, 7) is 3.33. The van der Waals surface area contributed by atoms with E-state index < -0.39 is 5.60 Å². The van der Waals surface area contributed by atoms with E-state index >= 15 is 0 Å². The van der Waals surface area contributed by atoms with Gasteiger partial charge in [-0.2, -0.15) is 0 Å². The van der Waals surface area contributed by atoms with Gasteiger partial charge in [0.25, 0.3) is 0 Å². The predicted molar refractivity (Wildman–Crippen MR) is 115 cm³/mol. The molecule has 7 nitrogen and oxygen atoms in total. The third-order valence-corrected chi connectivity index (χ3v) is 5.56. The van der Waals surface area contributed by atoms with E-state index in [1.165, 1.54) is 0 Å². The maximum Gasteiger partial charge on any atom is 0.163 e. The topological polar surface area (TPSA) is 80.6 Å². The van der Waals surface area contributed by atoms with Gasteiger partial charge in [0.2, 0.25) is 0 Å². The Morgan fingerprint density at radius 3 is 2.30 bits per heavy atom. The lowest BCUT2D eigenvalue weighted by atomic mass is 9.84. The molecule has 1 fully saturated rings. The number of aliphatic hydroxyl groups is 1. The maximum atomic E-state index is 11.4. The van der Waals surface area contributed by atoms with Crippen molar-refractivity contribution in [1.29, 1.82) is 0 Å². The first kappa shape index (κ1) is 20.1. The van der Waals surface area contributed by atoms with E-state index in [4.69, 9.17) is 14.5 Å². The Hall–Kier alpha value is -3.19. The van der Waals surface area contributed by atoms with Gasteiger partial charge in [0, 0.05) is 48.9 Å². The van der Waals surface area contributed by atoms with Crippen molar-refractivity contribution in [2.75, 3.05) is 32.2 Å². The molecule has 0 unspecified atom stereocenters. The molecule has 7 heteroatoms. The lowest BCUT2D eigenvalue weighted by Gasteiger charge is -2.39. The third-order valence-electron chi connectivity index (χ3n) is 5.56. The lowest BCUT2D eigenvalue weighted by molar-refractivity contribution is 0.0113. The van der Waals surface area contributed by atoms with Crippen molar-refractivity contribution >= 4 is 5.82 Å². The van der Waals surface area contributed by atoms with Crippen LogP contribution in [0.25, 0.3) is 11.4 Å². The largest absolute Gasteiger partial charge is 0.497 e. The highest BCUT2D eigenvalue weighted by Gasteiger charge is 2.35. The summed E-state index contributed by atoms with van der Waals surface area (Å²) in [6.07, 6.45) is 4.66. The van der Waals surface area contributed by atoms with Crippen LogP contribution in [0.5, 0.6) is 11.5 Å². The average molecular weight is 406 g/mol. The van der Waals surface area contributed by atoms with Gasteiger partial charge in [0.1, 0.15) is 17.3 Å². The molecule has 1 saturated heterocycles. The zero-order valence-corrected chi connectivity index (χ0v) is 17.5. The van der Waals surface area contributed by atoms with Crippen molar-refractivity contribution < 1.29 is 14.6 Å². The van der Waals surface area contributed by atoms with Gasteiger partial charge < -0.3 is 19.5 Å². The fourth-order valence-electron chi connectivity index (χ4n) is 3.81. The number of nitrogens with zero attached hydrogens (tertiary/aromatic N) is 4. The van der Waals surface area contributed by atoms with Crippen LogP contribution in [-0.4, -0.2) is 47.4 Å². The van der Waals surface area contributed by atoms with Crippen molar-refractivity contribution in [3.8, 4) is 22.9 Å². The van der Waals surface area contributed by atoms with Crippen molar-refractivity contribution in [3.05, 3.63) is 60.0 Å². The average Bonchev–Trinajstić information content (AvgIpc) is 2.79. The van der Waals surface area contributed by atoms with Crippen LogP contribution in [-0.2, 0) is 5.60 Å². The van der Waals surface area contributed by atoms with Gasteiger partial charge in [-0.1, -0.05) is 0 Å². The van der Waals surface area contributed by atoms with Gasteiger partial charge in [-0.15, -0.1) is 0 Å². The number of methoxy groups -OCH3 is 2. The maximum absolute atomic E-state index is 11.4. The lowest BCUT2D eigenvalue weighted by Crippen LogP contribution is -2.43. The molecular weight excluding hydrogens is 380 g/mol. The first-order chi connectivity index (χ1) is 14.5. The minimum Gasteiger partial charge on any atom is -0.497 e. The number of pyridine rings is 1. The minimum atomic E-state index is -0.938. The summed E-state index contributed by atoms with van der Waals surface area (Å²) in [5.41, 5.74) is 1.66. The molecular formula is C23H26N4O3. The normalized spacial score (nSPS) is 15.7. The molecule has 0 aliphatic carbocycles. The molecule has 3 aromatic rings. The Balaban J connectivity index is 1.56. The zero-order chi connectivity index (χ0) is 21.1. The number of hydrogen-bond acceptors (Lipinski definition) is 7. The van der Waals surface area contributed by atoms with Crippen LogP contribution in [0, 0.1) is 6.92 Å². The van der Waals surface area contributed by atoms with Gasteiger partial charge in [-0.05, 0) is 49.6 Å². The van der Waals surface area contributed by atoms with Gasteiger partial charge in [-0.25, -0.2) is 9.97 Å². The van der Waals surface area contributed by atoms with Crippen LogP contribution >= 0.6 is 0 Å². The number of piperidine rings is 1. The molecule has 30 heavy (non-hydrogen) atoms. The molecule has 1 aliphatic heterocycles. The Morgan fingerprint density at radius 1 is 1.00 bits per heavy atom. The van der Waals surface area contributed by atoms with E-state index in [9.17, 15) is 5.11 Å². The molecule has 3 heterocycles. The Kier molecular flexibility index (Phi) is 5.55. The van der Waals surface area contributed by atoms with Crippen molar-refractivity contribution in [1.82, 2.24) is 15.0 Å². The highest BCUT2D eigenvalue weighted by atomic mass is 16.5. The summed E-state index contributed by atoms with van der Waals surface area (Å²) in [4.78, 5) is 15.7. The number of benzene rings is 1. The first-order valence-electron chi connectivity index (χ1n) is 9.98. The molecule has 1 aliphatic rings. The Bertz CT molecular complexity index is 996. The summed E-state index contributed by atoms with van der Waals surface area (Å²) in [7, 11) is 3.23. The van der Waals surface area contributed by atoms with E-state index in [1.54, 1.807) is 26.6 Å². The molecule has 2 aromatic heterocycles. The van der Waals surface area contributed by atoms with E-state index in [-0.39, 0.29) is 0 Å². The van der Waals surface area contributed by atoms with E-state index in [1.807, 2.05) is 43.3 Å². The zero-order valence-electron chi connectivity index (χ0n) is 17.5. The smallest absolute Gasteiger partial charge is 0.163 e. The Morgan fingerprint density at radius 2 is 1.70 bits per heavy atom. The number of hydrogen-bond donors (Lipinski definition) is 1. The second-order valence-corrected chi connectivity index (χ2v) is 7.55. The molecule has 1 aromatic carbocycles. The van der Waals surface area contributed by atoms with Crippen molar-refractivity contribution in [3.63, 3.8) is 0 Å². The SMILES string of the molecule is COc1cc(OC)cc(C2(O)CCN(c3cc(C)nc(-c4cccnc4)n3)CC2)c1. The number of rotatable bonds is 5. The molecule has 0 bridgehead atoms. The molecule has 1 N–H and O–H groups in total. The molecule has 0 saturated carbocycles. The predicted octanol–water partition coefficient (Wildman–Crippen LogP) is 3.35. The molecule has 0 atom stereocenters. The number of aromatic nitrogens is 3. The fraction of sp³-hybridized carbons (Fsp3) is 0.348. The molecule has 0 radical (unpaired) electrons. The third kappa shape index (κ3) is 4.07. The Labute approximate surface area is 176 Å².